The maximum atomic E-state index is 10.9. The van der Waals surface area contributed by atoms with Crippen LogP contribution in [0.2, 0.25) is 0 Å². The van der Waals surface area contributed by atoms with Crippen LogP contribution in [0.3, 0.4) is 0 Å². The minimum Gasteiger partial charge on any atom is -0.482 e. The molecular weight excluding hydrogens is 362 g/mol. The molecule has 4 aromatic rings. The molecule has 4 rings (SSSR count). The van der Waals surface area contributed by atoms with Crippen LogP contribution in [0.25, 0.3) is 28.1 Å². The maximum absolute atomic E-state index is 10.9. The van der Waals surface area contributed by atoms with Gasteiger partial charge in [-0.15, -0.1) is 0 Å². The normalized spacial score (nSPS) is 10.7. The van der Waals surface area contributed by atoms with E-state index in [1.165, 1.54) is 0 Å². The monoisotopic (exact) mass is 383 g/mol. The smallest absolute Gasteiger partial charge is 0.341 e. The summed E-state index contributed by atoms with van der Waals surface area (Å²) in [5.41, 5.74) is 6.50. The predicted octanol–water partition coefficient (Wildman–Crippen LogP) is 5.58. The zero-order chi connectivity index (χ0) is 20.2. The first-order valence-corrected chi connectivity index (χ1v) is 9.41. The van der Waals surface area contributed by atoms with Crippen molar-refractivity contribution in [2.45, 2.75) is 6.92 Å². The summed E-state index contributed by atoms with van der Waals surface area (Å²) in [5, 5.41) is 8.90. The van der Waals surface area contributed by atoms with Gasteiger partial charge in [0.05, 0.1) is 5.69 Å². The third-order valence-electron chi connectivity index (χ3n) is 4.84. The molecule has 4 heteroatoms. The van der Waals surface area contributed by atoms with Crippen molar-refractivity contribution >= 4 is 5.97 Å². The molecule has 4 nitrogen and oxygen atoms in total. The van der Waals surface area contributed by atoms with Gasteiger partial charge in [0.25, 0.3) is 0 Å². The number of hydrogen-bond donors (Lipinski definition) is 1. The zero-order valence-corrected chi connectivity index (χ0v) is 16.1. The van der Waals surface area contributed by atoms with Gasteiger partial charge in [0, 0.05) is 23.0 Å². The van der Waals surface area contributed by atoms with Crippen LogP contribution < -0.4 is 4.74 Å². The molecule has 0 aliphatic carbocycles. The fourth-order valence-electron chi connectivity index (χ4n) is 3.53. The number of aromatic nitrogens is 1. The summed E-state index contributed by atoms with van der Waals surface area (Å²) in [6.45, 7) is 1.73. The van der Waals surface area contributed by atoms with Crippen LogP contribution in [0.15, 0.2) is 91.0 Å². The van der Waals surface area contributed by atoms with Crippen LogP contribution in [0.5, 0.6) is 5.75 Å². The molecule has 29 heavy (non-hydrogen) atoms. The molecule has 1 N–H and O–H groups in total. The lowest BCUT2D eigenvalue weighted by atomic mass is 10.1. The Morgan fingerprint density at radius 3 is 2.17 bits per heavy atom. The molecule has 0 aliphatic rings. The standard InChI is InChI=1S/C25H21NO3/c1-18-23(19-9-4-2-5-10-19)16-24(20-11-6-3-7-12-20)26(18)21-13-8-14-22(15-21)29-17-25(27)28/h2-16H,17H2,1H3,(H,27,28). The minimum absolute atomic E-state index is 0.366. The number of carboxylic acid groups (broad SMARTS) is 1. The fraction of sp³-hybridized carbons (Fsp3) is 0.0800. The molecular formula is C25H21NO3. The summed E-state index contributed by atoms with van der Waals surface area (Å²) in [6, 6.07) is 30.2. The Morgan fingerprint density at radius 2 is 1.52 bits per heavy atom. The van der Waals surface area contributed by atoms with Gasteiger partial charge >= 0.3 is 5.97 Å². The van der Waals surface area contributed by atoms with E-state index in [1.807, 2.05) is 54.6 Å². The molecule has 0 atom stereocenters. The lowest BCUT2D eigenvalue weighted by molar-refractivity contribution is -0.139. The molecule has 0 aliphatic heterocycles. The second kappa shape index (κ2) is 8.07. The molecule has 3 aromatic carbocycles. The number of carbonyl (C=O) groups is 1. The molecule has 144 valence electrons. The van der Waals surface area contributed by atoms with Crippen molar-refractivity contribution in [3.05, 3.63) is 96.7 Å². The van der Waals surface area contributed by atoms with Crippen molar-refractivity contribution in [1.82, 2.24) is 4.57 Å². The van der Waals surface area contributed by atoms with E-state index in [-0.39, 0.29) is 6.61 Å². The van der Waals surface area contributed by atoms with E-state index in [0.717, 1.165) is 33.8 Å². The summed E-state index contributed by atoms with van der Waals surface area (Å²) in [5.74, 6) is -0.470. The molecule has 0 saturated carbocycles. The number of hydrogen-bond acceptors (Lipinski definition) is 2. The Labute approximate surface area is 169 Å². The lowest BCUT2D eigenvalue weighted by Crippen LogP contribution is -2.09. The van der Waals surface area contributed by atoms with Crippen LogP contribution in [-0.4, -0.2) is 22.2 Å². The van der Waals surface area contributed by atoms with Crippen molar-refractivity contribution in [3.8, 4) is 33.8 Å². The van der Waals surface area contributed by atoms with Crippen LogP contribution in [-0.2, 0) is 4.79 Å². The Bertz CT molecular complexity index is 1130. The fourth-order valence-corrected chi connectivity index (χ4v) is 3.53. The first kappa shape index (κ1) is 18.6. The number of benzene rings is 3. The molecule has 0 bridgehead atoms. The summed E-state index contributed by atoms with van der Waals surface area (Å²) in [6.07, 6.45) is 0. The average molecular weight is 383 g/mol. The van der Waals surface area contributed by atoms with E-state index in [0.29, 0.717) is 5.75 Å². The van der Waals surface area contributed by atoms with Crippen molar-refractivity contribution in [3.63, 3.8) is 0 Å². The average Bonchev–Trinajstić information content (AvgIpc) is 3.11. The van der Waals surface area contributed by atoms with Crippen molar-refractivity contribution in [2.75, 3.05) is 6.61 Å². The highest BCUT2D eigenvalue weighted by Gasteiger charge is 2.16. The van der Waals surface area contributed by atoms with Crippen molar-refractivity contribution in [1.29, 1.82) is 0 Å². The van der Waals surface area contributed by atoms with Gasteiger partial charge in [0.15, 0.2) is 6.61 Å². The van der Waals surface area contributed by atoms with Gasteiger partial charge in [-0.2, -0.15) is 0 Å². The van der Waals surface area contributed by atoms with Gasteiger partial charge in [-0.3, -0.25) is 0 Å². The Morgan fingerprint density at radius 1 is 0.862 bits per heavy atom. The van der Waals surface area contributed by atoms with E-state index in [9.17, 15) is 4.79 Å². The van der Waals surface area contributed by atoms with E-state index < -0.39 is 5.97 Å². The van der Waals surface area contributed by atoms with E-state index in [1.54, 1.807) is 6.07 Å². The molecule has 0 fully saturated rings. The highest BCUT2D eigenvalue weighted by atomic mass is 16.5. The van der Waals surface area contributed by atoms with E-state index in [2.05, 4.69) is 41.8 Å². The second-order valence-corrected chi connectivity index (χ2v) is 6.78. The van der Waals surface area contributed by atoms with Crippen LogP contribution in [0.4, 0.5) is 0 Å². The van der Waals surface area contributed by atoms with Gasteiger partial charge in [0.2, 0.25) is 0 Å². The van der Waals surface area contributed by atoms with Gasteiger partial charge in [-0.05, 0) is 36.2 Å². The van der Waals surface area contributed by atoms with Gasteiger partial charge < -0.3 is 14.4 Å². The highest BCUT2D eigenvalue weighted by molar-refractivity contribution is 5.77. The number of aliphatic carboxylic acids is 1. The molecule has 0 saturated heterocycles. The van der Waals surface area contributed by atoms with E-state index >= 15 is 0 Å². The third kappa shape index (κ3) is 3.92. The number of carboxylic acids is 1. The topological polar surface area (TPSA) is 51.5 Å². The minimum atomic E-state index is -0.996. The van der Waals surface area contributed by atoms with Crippen molar-refractivity contribution < 1.29 is 14.6 Å². The molecule has 0 amide bonds. The molecule has 1 heterocycles. The summed E-state index contributed by atoms with van der Waals surface area (Å²) < 4.78 is 7.58. The Hall–Kier alpha value is -3.79. The van der Waals surface area contributed by atoms with Gasteiger partial charge in [-0.25, -0.2) is 4.79 Å². The number of rotatable bonds is 6. The number of ether oxygens (including phenoxy) is 1. The molecule has 0 unspecified atom stereocenters. The van der Waals surface area contributed by atoms with Crippen LogP contribution in [0.1, 0.15) is 5.69 Å². The highest BCUT2D eigenvalue weighted by Crippen LogP contribution is 2.35. The quantitative estimate of drug-likeness (QED) is 0.473. The summed E-state index contributed by atoms with van der Waals surface area (Å²) >= 11 is 0. The molecule has 1 aromatic heterocycles. The predicted molar refractivity (Wildman–Crippen MR) is 115 cm³/mol. The van der Waals surface area contributed by atoms with Crippen LogP contribution in [0, 0.1) is 6.92 Å². The lowest BCUT2D eigenvalue weighted by Gasteiger charge is -2.14. The Balaban J connectivity index is 1.87. The summed E-state index contributed by atoms with van der Waals surface area (Å²) in [4.78, 5) is 10.9. The van der Waals surface area contributed by atoms with Gasteiger partial charge in [0.1, 0.15) is 5.75 Å². The first-order chi connectivity index (χ1) is 14.1. The molecule has 0 radical (unpaired) electrons. The third-order valence-corrected chi connectivity index (χ3v) is 4.84. The second-order valence-electron chi connectivity index (χ2n) is 6.78. The van der Waals surface area contributed by atoms with Crippen LogP contribution >= 0.6 is 0 Å². The molecule has 0 spiro atoms. The Kier molecular flexibility index (Phi) is 5.16. The largest absolute Gasteiger partial charge is 0.482 e. The maximum Gasteiger partial charge on any atom is 0.341 e. The summed E-state index contributed by atoms with van der Waals surface area (Å²) in [7, 11) is 0. The zero-order valence-electron chi connectivity index (χ0n) is 16.1. The first-order valence-electron chi connectivity index (χ1n) is 9.41. The SMILES string of the molecule is Cc1c(-c2ccccc2)cc(-c2ccccc2)n1-c1cccc(OCC(=O)O)c1. The van der Waals surface area contributed by atoms with Crippen molar-refractivity contribution in [2.24, 2.45) is 0 Å². The van der Waals surface area contributed by atoms with E-state index in [4.69, 9.17) is 9.84 Å². The van der Waals surface area contributed by atoms with Gasteiger partial charge in [-0.1, -0.05) is 66.7 Å². The number of nitrogens with zero attached hydrogens (tertiary/aromatic N) is 1.